The number of nitrogens with zero attached hydrogens (tertiary/aromatic N) is 2. The standard InChI is InChI=1S/C68H82N4O8/c1-65(2,3)53-33-45-29-49-37-55(67(7,8)9)39-51-31-47-35-54(66(4,5)6)36-48(62(47)76)32-52-40-56(68(10,11)12)38-50(30-46(34-53)61(45)75)64(52)80-28-26-78-58-23-19-44(20-24-58)42-70-72-60(74)16-14-13-15-59(73)71-69-41-43-17-21-57(22-18-43)77-25-27-79-63(49)51/h17-24,33-42,75-76H,13-16,25-32H2,1-12H3,(H,71,73)(H,72,74)/b69-41+,70-42+. The molecule has 0 atom stereocenters. The molecule has 12 rings (SSSR count). The van der Waals surface area contributed by atoms with Crippen molar-refractivity contribution in [1.29, 1.82) is 0 Å². The highest BCUT2D eigenvalue weighted by atomic mass is 16.5. The topological polar surface area (TPSA) is 160 Å². The number of fused-ring (bicyclic) bond motifs is 1. The summed E-state index contributed by atoms with van der Waals surface area (Å²) in [7, 11) is 0. The Morgan fingerprint density at radius 1 is 0.388 bits per heavy atom. The van der Waals surface area contributed by atoms with Gasteiger partial charge in [0.2, 0.25) is 11.8 Å². The Labute approximate surface area is 474 Å². The molecule has 0 spiro atoms. The van der Waals surface area contributed by atoms with Gasteiger partial charge in [0, 0.05) is 38.5 Å². The van der Waals surface area contributed by atoms with E-state index in [9.17, 15) is 19.8 Å². The van der Waals surface area contributed by atoms with E-state index in [4.69, 9.17) is 18.9 Å². The second-order valence-electron chi connectivity index (χ2n) is 25.6. The number of amides is 2. The van der Waals surface area contributed by atoms with Crippen LogP contribution in [0.1, 0.15) is 187 Å². The van der Waals surface area contributed by atoms with Crippen molar-refractivity contribution in [2.45, 2.75) is 156 Å². The molecular formula is C68H82N4O8. The van der Waals surface area contributed by atoms with Gasteiger partial charge < -0.3 is 29.2 Å². The molecule has 6 aliphatic rings. The van der Waals surface area contributed by atoms with Crippen molar-refractivity contribution < 1.29 is 38.7 Å². The molecule has 12 heteroatoms. The fourth-order valence-electron chi connectivity index (χ4n) is 9.96. The van der Waals surface area contributed by atoms with E-state index in [1.807, 2.05) is 48.5 Å². The fraction of sp³-hybridized carbons (Fsp3) is 0.412. The van der Waals surface area contributed by atoms with Crippen LogP contribution in [-0.4, -0.2) is 60.9 Å². The third-order valence-corrected chi connectivity index (χ3v) is 14.8. The van der Waals surface area contributed by atoms with E-state index in [-0.39, 0.29) is 84.2 Å². The molecule has 0 fully saturated rings. The molecule has 0 radical (unpaired) electrons. The molecule has 6 aromatic rings. The first-order chi connectivity index (χ1) is 37.8. The van der Waals surface area contributed by atoms with E-state index in [2.05, 4.69) is 153 Å². The van der Waals surface area contributed by atoms with Crippen molar-refractivity contribution in [2.24, 2.45) is 10.2 Å². The summed E-state index contributed by atoms with van der Waals surface area (Å²) < 4.78 is 26.4. The maximum absolute atomic E-state index is 12.8. The maximum atomic E-state index is 12.8. The van der Waals surface area contributed by atoms with Gasteiger partial charge in [-0.1, -0.05) is 132 Å². The van der Waals surface area contributed by atoms with Crippen LogP contribution in [0.4, 0.5) is 0 Å². The van der Waals surface area contributed by atoms with Gasteiger partial charge in [-0.25, -0.2) is 10.9 Å². The minimum Gasteiger partial charge on any atom is -0.507 e. The van der Waals surface area contributed by atoms with Crippen LogP contribution in [-0.2, 0) is 56.9 Å². The van der Waals surface area contributed by atoms with Crippen LogP contribution in [0.3, 0.4) is 0 Å². The number of hydrogen-bond acceptors (Lipinski definition) is 10. The Balaban J connectivity index is 1.28. The number of carbonyl (C=O) groups is 2. The molecule has 14 bridgehead atoms. The molecule has 5 heterocycles. The molecule has 0 aromatic heterocycles. The van der Waals surface area contributed by atoms with Crippen LogP contribution in [0.2, 0.25) is 0 Å². The number of rotatable bonds is 0. The molecule has 1 aliphatic carbocycles. The maximum Gasteiger partial charge on any atom is 0.240 e. The number of carbonyl (C=O) groups excluding carboxylic acids is 2. The summed E-state index contributed by atoms with van der Waals surface area (Å²) >= 11 is 0. The van der Waals surface area contributed by atoms with E-state index in [1.54, 1.807) is 12.4 Å². The Morgan fingerprint density at radius 2 is 0.650 bits per heavy atom. The van der Waals surface area contributed by atoms with Gasteiger partial charge in [0.25, 0.3) is 0 Å². The molecule has 5 aliphatic heterocycles. The van der Waals surface area contributed by atoms with Crippen molar-refractivity contribution in [3.05, 3.63) is 175 Å². The van der Waals surface area contributed by atoms with E-state index in [0.717, 1.165) is 77.9 Å². The summed E-state index contributed by atoms with van der Waals surface area (Å²) in [4.78, 5) is 25.1. The zero-order valence-electron chi connectivity index (χ0n) is 49.1. The van der Waals surface area contributed by atoms with Gasteiger partial charge in [0.1, 0.15) is 60.9 Å². The SMILES string of the molecule is CC(C)(C)c1cc2c(O)c(c1)Cc1cc(C(C)(C)C)cc3c1OCCOc1ccc(cc1)/C=N/NC(=O)CCCCC(=O)N/N=C/c1ccc(cc1)OCCOc1c(cc(C(C)(C)C)cc1Cc1cc(C(C)(C)C)cc(c1O)C3)C2. The van der Waals surface area contributed by atoms with Gasteiger partial charge >= 0.3 is 0 Å². The quantitative estimate of drug-likeness (QED) is 0.117. The van der Waals surface area contributed by atoms with Crippen molar-refractivity contribution in [3.8, 4) is 34.5 Å². The first kappa shape index (κ1) is 58.5. The average Bonchev–Trinajstić information content (AvgIpc) is 3.45. The van der Waals surface area contributed by atoms with Gasteiger partial charge in [0.15, 0.2) is 0 Å². The Kier molecular flexibility index (Phi) is 17.9. The van der Waals surface area contributed by atoms with Crippen molar-refractivity contribution in [2.75, 3.05) is 26.4 Å². The summed E-state index contributed by atoms with van der Waals surface area (Å²) in [6.07, 6.45) is 6.12. The second-order valence-corrected chi connectivity index (χ2v) is 25.6. The lowest BCUT2D eigenvalue weighted by Crippen LogP contribution is -2.19. The lowest BCUT2D eigenvalue weighted by molar-refractivity contribution is -0.123. The van der Waals surface area contributed by atoms with Crippen molar-refractivity contribution in [3.63, 3.8) is 0 Å². The molecule has 4 N–H and O–H groups in total. The van der Waals surface area contributed by atoms with Gasteiger partial charge in [0.05, 0.1) is 12.4 Å². The Bertz CT molecular complexity index is 2940. The molecule has 0 saturated carbocycles. The summed E-state index contributed by atoms with van der Waals surface area (Å²) in [5.74, 6) is 2.62. The minimum absolute atomic E-state index is 0.214. The van der Waals surface area contributed by atoms with Gasteiger partial charge in [-0.2, -0.15) is 10.2 Å². The van der Waals surface area contributed by atoms with E-state index < -0.39 is 0 Å². The summed E-state index contributed by atoms with van der Waals surface area (Å²) in [5, 5.41) is 33.8. The van der Waals surface area contributed by atoms with Crippen LogP contribution < -0.4 is 29.8 Å². The smallest absolute Gasteiger partial charge is 0.240 e. The predicted octanol–water partition coefficient (Wildman–Crippen LogP) is 13.4. The zero-order chi connectivity index (χ0) is 57.6. The molecule has 0 saturated heterocycles. The first-order valence-electron chi connectivity index (χ1n) is 28.2. The predicted molar refractivity (Wildman–Crippen MR) is 320 cm³/mol. The molecule has 422 valence electrons. The average molecular weight is 1080 g/mol. The normalized spacial score (nSPS) is 16.4. The number of ether oxygens (including phenoxy) is 4. The van der Waals surface area contributed by atoms with Crippen molar-refractivity contribution in [1.82, 2.24) is 10.9 Å². The molecule has 80 heavy (non-hydrogen) atoms. The van der Waals surface area contributed by atoms with Gasteiger partial charge in [-0.3, -0.25) is 9.59 Å². The second kappa shape index (κ2) is 24.4. The molecule has 6 aromatic carbocycles. The number of aromatic hydroxyl groups is 2. The van der Waals surface area contributed by atoms with Crippen LogP contribution in [0.15, 0.2) is 107 Å². The number of benzene rings is 6. The van der Waals surface area contributed by atoms with Gasteiger partial charge in [-0.05, 0) is 161 Å². The Hall–Kier alpha value is -7.60. The monoisotopic (exact) mass is 1080 g/mol. The number of hydrazone groups is 2. The zero-order valence-corrected chi connectivity index (χ0v) is 49.1. The van der Waals surface area contributed by atoms with E-state index in [0.29, 0.717) is 61.5 Å². The molecule has 12 nitrogen and oxygen atoms in total. The highest BCUT2D eigenvalue weighted by Gasteiger charge is 2.29. The molecule has 0 unspecified atom stereocenters. The number of phenols is 2. The van der Waals surface area contributed by atoms with Crippen LogP contribution in [0.25, 0.3) is 0 Å². The lowest BCUT2D eigenvalue weighted by Gasteiger charge is -2.28. The molecule has 2 amide bonds. The highest BCUT2D eigenvalue weighted by molar-refractivity contribution is 5.83. The Morgan fingerprint density at radius 3 is 0.925 bits per heavy atom. The third kappa shape index (κ3) is 15.2. The largest absolute Gasteiger partial charge is 0.507 e. The summed E-state index contributed by atoms with van der Waals surface area (Å²) in [6.45, 7) is 27.4. The first-order valence-corrected chi connectivity index (χ1v) is 28.2. The fourth-order valence-corrected chi connectivity index (χ4v) is 9.96. The summed E-state index contributed by atoms with van der Waals surface area (Å²) in [5.41, 5.74) is 16.9. The number of phenolic OH excluding ortho intramolecular Hbond substituents is 2. The van der Waals surface area contributed by atoms with Crippen LogP contribution in [0.5, 0.6) is 34.5 Å². The van der Waals surface area contributed by atoms with Gasteiger partial charge in [-0.15, -0.1) is 0 Å². The number of hydrogen-bond donors (Lipinski definition) is 4. The minimum atomic E-state index is -0.262. The highest BCUT2D eigenvalue weighted by Crippen LogP contribution is 2.44. The summed E-state index contributed by atoms with van der Waals surface area (Å²) in [6, 6.07) is 32.3. The van der Waals surface area contributed by atoms with E-state index >= 15 is 0 Å². The van der Waals surface area contributed by atoms with E-state index in [1.165, 1.54) is 0 Å². The van der Waals surface area contributed by atoms with Crippen molar-refractivity contribution >= 4 is 24.2 Å². The van der Waals surface area contributed by atoms with Crippen LogP contribution >= 0.6 is 0 Å². The van der Waals surface area contributed by atoms with Crippen LogP contribution in [0, 0.1) is 0 Å². The lowest BCUT2D eigenvalue weighted by atomic mass is 9.79. The third-order valence-electron chi connectivity index (χ3n) is 14.8. The molecular weight excluding hydrogens is 1000 g/mol. The number of nitrogens with one attached hydrogen (secondary N) is 2.